The number of furan rings is 1. The third-order valence-corrected chi connectivity index (χ3v) is 6.23. The van der Waals surface area contributed by atoms with Gasteiger partial charge in [-0.15, -0.1) is 0 Å². The number of fused-ring (bicyclic) bond motifs is 3. The average Bonchev–Trinajstić information content (AvgIpc) is 3.55. The van der Waals surface area contributed by atoms with Crippen molar-refractivity contribution in [1.82, 2.24) is 25.1 Å². The van der Waals surface area contributed by atoms with Crippen LogP contribution in [-0.2, 0) is 11.2 Å². The Kier molecular flexibility index (Phi) is 4.67. The van der Waals surface area contributed by atoms with Crippen molar-refractivity contribution >= 4 is 39.8 Å². The third-order valence-electron chi connectivity index (χ3n) is 6.23. The second-order valence-electron chi connectivity index (χ2n) is 8.36. The van der Waals surface area contributed by atoms with Gasteiger partial charge in [0.2, 0.25) is 11.7 Å². The minimum Gasteiger partial charge on any atom is -0.432 e. The maximum Gasteiger partial charge on any atom is 0.231 e. The van der Waals surface area contributed by atoms with Crippen molar-refractivity contribution in [2.75, 3.05) is 36.5 Å². The van der Waals surface area contributed by atoms with E-state index in [2.05, 4.69) is 31.5 Å². The predicted molar refractivity (Wildman–Crippen MR) is 118 cm³/mol. The minimum atomic E-state index is 0.511. The van der Waals surface area contributed by atoms with E-state index in [-0.39, 0.29) is 0 Å². The van der Waals surface area contributed by atoms with Gasteiger partial charge in [-0.1, -0.05) is 25.7 Å². The van der Waals surface area contributed by atoms with Gasteiger partial charge in [0.25, 0.3) is 0 Å². The first kappa shape index (κ1) is 18.6. The molecular formula is C22H25N7O2. The number of ether oxygens (including phenoxy) is 1. The molecule has 4 aromatic heterocycles. The summed E-state index contributed by atoms with van der Waals surface area (Å²) in [7, 11) is 0. The first-order valence-electron chi connectivity index (χ1n) is 11.0. The number of hydrogen-bond acceptors (Lipinski definition) is 8. The fourth-order valence-electron chi connectivity index (χ4n) is 4.67. The zero-order valence-electron chi connectivity index (χ0n) is 17.3. The van der Waals surface area contributed by atoms with Crippen molar-refractivity contribution in [3.8, 4) is 0 Å². The van der Waals surface area contributed by atoms with Crippen molar-refractivity contribution in [2.45, 2.75) is 32.1 Å². The summed E-state index contributed by atoms with van der Waals surface area (Å²) >= 11 is 0. The molecule has 2 aliphatic rings. The molecule has 0 amide bonds. The Hall–Kier alpha value is -3.20. The Bertz CT molecular complexity index is 1210. The molecule has 2 fully saturated rings. The largest absolute Gasteiger partial charge is 0.432 e. The standard InChI is InChI=1S/C22H25N7O2/c1-2-5-14(4-1)12-15-13-17(28-27-15)24-22-25-18-16-6-3-7-23-21(16)31-19(18)20(26-22)29-8-10-30-11-9-29/h3,6-7,13-14H,1-2,4-5,8-12H2,(H2,24,25,26,27,28). The second-order valence-corrected chi connectivity index (χ2v) is 8.36. The number of rotatable bonds is 5. The summed E-state index contributed by atoms with van der Waals surface area (Å²) in [6.45, 7) is 2.84. The lowest BCUT2D eigenvalue weighted by atomic mass is 10.0. The van der Waals surface area contributed by atoms with Gasteiger partial charge in [0, 0.05) is 25.4 Å². The van der Waals surface area contributed by atoms with Crippen molar-refractivity contribution in [3.05, 3.63) is 30.1 Å². The molecule has 160 valence electrons. The van der Waals surface area contributed by atoms with Crippen LogP contribution < -0.4 is 10.2 Å². The van der Waals surface area contributed by atoms with Gasteiger partial charge in [-0.3, -0.25) is 5.10 Å². The zero-order valence-corrected chi connectivity index (χ0v) is 17.3. The molecule has 0 spiro atoms. The van der Waals surface area contributed by atoms with E-state index in [4.69, 9.17) is 19.1 Å². The van der Waals surface area contributed by atoms with Gasteiger partial charge >= 0.3 is 0 Å². The van der Waals surface area contributed by atoms with E-state index in [1.165, 1.54) is 25.7 Å². The molecule has 0 aromatic carbocycles. The maximum atomic E-state index is 6.05. The summed E-state index contributed by atoms with van der Waals surface area (Å²) < 4.78 is 11.6. The van der Waals surface area contributed by atoms with Crippen LogP contribution in [-0.4, -0.2) is 51.5 Å². The van der Waals surface area contributed by atoms with E-state index in [1.54, 1.807) is 6.20 Å². The molecule has 6 rings (SSSR count). The van der Waals surface area contributed by atoms with E-state index in [0.717, 1.165) is 53.7 Å². The molecule has 0 atom stereocenters. The molecule has 1 aliphatic carbocycles. The number of hydrogen-bond donors (Lipinski definition) is 2. The molecule has 5 heterocycles. The lowest BCUT2D eigenvalue weighted by Gasteiger charge is -2.27. The van der Waals surface area contributed by atoms with Gasteiger partial charge in [-0.25, -0.2) is 9.97 Å². The van der Waals surface area contributed by atoms with E-state index in [9.17, 15) is 0 Å². The summed E-state index contributed by atoms with van der Waals surface area (Å²) in [6, 6.07) is 5.93. The van der Waals surface area contributed by atoms with Crippen LogP contribution in [0.15, 0.2) is 28.8 Å². The number of pyridine rings is 1. The molecule has 1 aliphatic heterocycles. The van der Waals surface area contributed by atoms with Crippen LogP contribution in [0.5, 0.6) is 0 Å². The number of nitrogens with zero attached hydrogens (tertiary/aromatic N) is 5. The first-order chi connectivity index (χ1) is 15.3. The van der Waals surface area contributed by atoms with Crippen LogP contribution in [0.25, 0.3) is 22.2 Å². The first-order valence-corrected chi connectivity index (χ1v) is 11.0. The minimum absolute atomic E-state index is 0.511. The van der Waals surface area contributed by atoms with Gasteiger partial charge < -0.3 is 19.4 Å². The molecule has 9 heteroatoms. The van der Waals surface area contributed by atoms with E-state index >= 15 is 0 Å². The predicted octanol–water partition coefficient (Wildman–Crippen LogP) is 3.81. The Morgan fingerprint density at radius 2 is 2.03 bits per heavy atom. The van der Waals surface area contributed by atoms with Crippen LogP contribution in [0.4, 0.5) is 17.6 Å². The highest BCUT2D eigenvalue weighted by atomic mass is 16.5. The fraction of sp³-hybridized carbons (Fsp3) is 0.455. The number of aromatic amines is 1. The number of aromatic nitrogens is 5. The SMILES string of the molecule is c1cnc2oc3c(N4CCOCC4)nc(Nc4cc(CC5CCCC5)n[nH]4)nc3c2c1. The summed E-state index contributed by atoms with van der Waals surface area (Å²) in [6.07, 6.45) is 8.04. The molecule has 31 heavy (non-hydrogen) atoms. The number of H-pyrrole nitrogens is 1. The monoisotopic (exact) mass is 419 g/mol. The molecule has 9 nitrogen and oxygen atoms in total. The van der Waals surface area contributed by atoms with Gasteiger partial charge in [0.15, 0.2) is 11.4 Å². The van der Waals surface area contributed by atoms with Crippen molar-refractivity contribution in [3.63, 3.8) is 0 Å². The molecule has 1 saturated heterocycles. The lowest BCUT2D eigenvalue weighted by Crippen LogP contribution is -2.37. The van der Waals surface area contributed by atoms with Crippen LogP contribution in [0.2, 0.25) is 0 Å². The summed E-state index contributed by atoms with van der Waals surface area (Å²) in [5.74, 6) is 2.82. The normalized spacial score (nSPS) is 17.7. The van der Waals surface area contributed by atoms with Gasteiger partial charge in [0.05, 0.1) is 24.3 Å². The topological polar surface area (TPSA) is 105 Å². The van der Waals surface area contributed by atoms with Gasteiger partial charge in [-0.2, -0.15) is 10.1 Å². The van der Waals surface area contributed by atoms with Crippen molar-refractivity contribution < 1.29 is 9.15 Å². The highest BCUT2D eigenvalue weighted by molar-refractivity contribution is 6.05. The smallest absolute Gasteiger partial charge is 0.231 e. The molecule has 0 radical (unpaired) electrons. The molecule has 0 unspecified atom stereocenters. The molecule has 4 aromatic rings. The average molecular weight is 419 g/mol. The quantitative estimate of drug-likeness (QED) is 0.503. The molecular weight excluding hydrogens is 394 g/mol. The van der Waals surface area contributed by atoms with Gasteiger partial charge in [0.1, 0.15) is 11.3 Å². The Balaban J connectivity index is 1.36. The summed E-state index contributed by atoms with van der Waals surface area (Å²) in [5, 5.41) is 11.8. The highest BCUT2D eigenvalue weighted by Crippen LogP contribution is 2.34. The summed E-state index contributed by atoms with van der Waals surface area (Å²) in [5.41, 5.74) is 3.07. The number of anilines is 3. The number of morpholine rings is 1. The van der Waals surface area contributed by atoms with Gasteiger partial charge in [-0.05, 0) is 24.5 Å². The Morgan fingerprint density at radius 3 is 2.90 bits per heavy atom. The van der Waals surface area contributed by atoms with Crippen molar-refractivity contribution in [1.29, 1.82) is 0 Å². The molecule has 1 saturated carbocycles. The van der Waals surface area contributed by atoms with E-state index in [1.807, 2.05) is 12.1 Å². The van der Waals surface area contributed by atoms with Crippen LogP contribution >= 0.6 is 0 Å². The fourth-order valence-corrected chi connectivity index (χ4v) is 4.67. The second kappa shape index (κ2) is 7.81. The highest BCUT2D eigenvalue weighted by Gasteiger charge is 2.23. The zero-order chi connectivity index (χ0) is 20.6. The van der Waals surface area contributed by atoms with E-state index < -0.39 is 0 Å². The third kappa shape index (κ3) is 3.59. The van der Waals surface area contributed by atoms with Crippen LogP contribution in [0, 0.1) is 5.92 Å². The van der Waals surface area contributed by atoms with Crippen molar-refractivity contribution in [2.24, 2.45) is 5.92 Å². The van der Waals surface area contributed by atoms with Crippen LogP contribution in [0.3, 0.4) is 0 Å². The van der Waals surface area contributed by atoms with Crippen LogP contribution in [0.1, 0.15) is 31.4 Å². The lowest BCUT2D eigenvalue weighted by molar-refractivity contribution is 0.122. The Morgan fingerprint density at radius 1 is 1.16 bits per heavy atom. The number of nitrogens with one attached hydrogen (secondary N) is 2. The maximum absolute atomic E-state index is 6.05. The van der Waals surface area contributed by atoms with E-state index in [0.29, 0.717) is 30.5 Å². The Labute approximate surface area is 179 Å². The summed E-state index contributed by atoms with van der Waals surface area (Å²) in [4.78, 5) is 16.1. The molecule has 0 bridgehead atoms. The molecule has 2 N–H and O–H groups in total.